The molecule has 2 rings (SSSR count). The summed E-state index contributed by atoms with van der Waals surface area (Å²) in [5, 5.41) is 0. The molecule has 0 radical (unpaired) electrons. The largest absolute Gasteiger partial charge is 0.0884 e. The summed E-state index contributed by atoms with van der Waals surface area (Å²) in [6, 6.07) is 8.96. The second-order valence-corrected chi connectivity index (χ2v) is 5.33. The van der Waals surface area contributed by atoms with E-state index in [4.69, 9.17) is 0 Å². The lowest BCUT2D eigenvalue weighted by atomic mass is 9.88. The second-order valence-electron chi connectivity index (χ2n) is 5.33. The molecule has 0 amide bonds. The third kappa shape index (κ3) is 3.35. The fraction of sp³-hybridized carbons (Fsp3) is 0.444. The summed E-state index contributed by atoms with van der Waals surface area (Å²) in [5.74, 6) is 0.633. The molecule has 1 atom stereocenters. The van der Waals surface area contributed by atoms with Crippen LogP contribution in [-0.4, -0.2) is 0 Å². The molecule has 0 aromatic heterocycles. The molecular weight excluding hydrogens is 216 g/mol. The van der Waals surface area contributed by atoms with Crippen LogP contribution in [0.2, 0.25) is 0 Å². The van der Waals surface area contributed by atoms with Crippen LogP contribution < -0.4 is 0 Å². The lowest BCUT2D eigenvalue weighted by molar-refractivity contribution is 0.661. The molecular formula is C18H24. The van der Waals surface area contributed by atoms with E-state index in [1.54, 1.807) is 0 Å². The molecule has 18 heavy (non-hydrogen) atoms. The first-order chi connectivity index (χ1) is 8.81. The van der Waals surface area contributed by atoms with Crippen molar-refractivity contribution in [3.63, 3.8) is 0 Å². The molecule has 0 nitrogen and oxygen atoms in total. The van der Waals surface area contributed by atoms with Gasteiger partial charge in [-0.3, -0.25) is 0 Å². The highest BCUT2D eigenvalue weighted by Gasteiger charge is 2.13. The highest BCUT2D eigenvalue weighted by atomic mass is 14.2. The Morgan fingerprint density at radius 3 is 2.94 bits per heavy atom. The van der Waals surface area contributed by atoms with Crippen molar-refractivity contribution in [2.45, 2.75) is 51.9 Å². The smallest absolute Gasteiger partial charge is 0.00208 e. The molecule has 1 aromatic carbocycles. The van der Waals surface area contributed by atoms with Gasteiger partial charge in [-0.25, -0.2) is 0 Å². The minimum atomic E-state index is 0.633. The standard InChI is InChI=1S/C18H24/c1-3-15(2)14-17-12-8-9-13-18(17)16-10-6-4-5-7-11-16/h3,6,8-10,12-13,16H,4-5,7,11,14H2,1-2H3. The molecule has 0 heterocycles. The molecule has 96 valence electrons. The Balaban J connectivity index is 2.25. The Kier molecular flexibility index (Phi) is 4.81. The van der Waals surface area contributed by atoms with E-state index in [1.165, 1.54) is 42.4 Å². The quantitative estimate of drug-likeness (QED) is 0.620. The van der Waals surface area contributed by atoms with Gasteiger partial charge in [-0.1, -0.05) is 54.5 Å². The van der Waals surface area contributed by atoms with Crippen LogP contribution in [-0.2, 0) is 6.42 Å². The van der Waals surface area contributed by atoms with E-state index in [-0.39, 0.29) is 0 Å². The molecule has 0 saturated heterocycles. The predicted molar refractivity (Wildman–Crippen MR) is 79.9 cm³/mol. The monoisotopic (exact) mass is 240 g/mol. The topological polar surface area (TPSA) is 0 Å². The van der Waals surface area contributed by atoms with Gasteiger partial charge < -0.3 is 0 Å². The van der Waals surface area contributed by atoms with Crippen molar-refractivity contribution in [2.75, 3.05) is 0 Å². The van der Waals surface area contributed by atoms with Gasteiger partial charge in [0.2, 0.25) is 0 Å². The molecule has 0 bridgehead atoms. The Bertz CT molecular complexity index is 437. The maximum Gasteiger partial charge on any atom is 0.00208 e. The van der Waals surface area contributed by atoms with E-state index in [0.717, 1.165) is 6.42 Å². The molecule has 1 unspecified atom stereocenters. The van der Waals surface area contributed by atoms with Gasteiger partial charge in [-0.15, -0.1) is 0 Å². The molecule has 1 aromatic rings. The summed E-state index contributed by atoms with van der Waals surface area (Å²) in [6.07, 6.45) is 13.4. The van der Waals surface area contributed by atoms with Gasteiger partial charge in [-0.05, 0) is 50.7 Å². The molecule has 0 saturated carbocycles. The zero-order chi connectivity index (χ0) is 12.8. The summed E-state index contributed by atoms with van der Waals surface area (Å²) in [7, 11) is 0. The Morgan fingerprint density at radius 1 is 1.28 bits per heavy atom. The number of hydrogen-bond acceptors (Lipinski definition) is 0. The van der Waals surface area contributed by atoms with Crippen LogP contribution >= 0.6 is 0 Å². The summed E-state index contributed by atoms with van der Waals surface area (Å²) in [4.78, 5) is 0. The number of rotatable bonds is 3. The zero-order valence-corrected chi connectivity index (χ0v) is 11.7. The van der Waals surface area contributed by atoms with Crippen LogP contribution in [0.3, 0.4) is 0 Å². The van der Waals surface area contributed by atoms with Gasteiger partial charge in [0, 0.05) is 5.92 Å². The van der Waals surface area contributed by atoms with Crippen molar-refractivity contribution in [3.8, 4) is 0 Å². The van der Waals surface area contributed by atoms with Crippen LogP contribution in [0.4, 0.5) is 0 Å². The number of allylic oxidation sites excluding steroid dienone is 4. The van der Waals surface area contributed by atoms with Crippen molar-refractivity contribution in [2.24, 2.45) is 0 Å². The summed E-state index contributed by atoms with van der Waals surface area (Å²) >= 11 is 0. The zero-order valence-electron chi connectivity index (χ0n) is 11.7. The molecule has 0 fully saturated rings. The minimum Gasteiger partial charge on any atom is -0.0884 e. The van der Waals surface area contributed by atoms with Crippen molar-refractivity contribution in [1.29, 1.82) is 0 Å². The highest BCUT2D eigenvalue weighted by molar-refractivity contribution is 5.35. The van der Waals surface area contributed by atoms with Gasteiger partial charge in [0.1, 0.15) is 0 Å². The number of hydrogen-bond donors (Lipinski definition) is 0. The summed E-state index contributed by atoms with van der Waals surface area (Å²) in [5.41, 5.74) is 4.50. The lowest BCUT2D eigenvalue weighted by Crippen LogP contribution is -2.01. The fourth-order valence-electron chi connectivity index (χ4n) is 2.70. The Labute approximate surface area is 111 Å². The van der Waals surface area contributed by atoms with Gasteiger partial charge in [0.15, 0.2) is 0 Å². The van der Waals surface area contributed by atoms with Crippen LogP contribution in [0.15, 0.2) is 48.1 Å². The molecule has 1 aliphatic rings. The molecule has 0 aliphatic heterocycles. The molecule has 0 spiro atoms. The second kappa shape index (κ2) is 6.58. The third-order valence-electron chi connectivity index (χ3n) is 3.92. The van der Waals surface area contributed by atoms with Crippen LogP contribution in [0.5, 0.6) is 0 Å². The summed E-state index contributed by atoms with van der Waals surface area (Å²) < 4.78 is 0. The van der Waals surface area contributed by atoms with Crippen LogP contribution in [0, 0.1) is 0 Å². The Hall–Kier alpha value is -1.30. The Morgan fingerprint density at radius 2 is 2.11 bits per heavy atom. The minimum absolute atomic E-state index is 0.633. The van der Waals surface area contributed by atoms with E-state index in [2.05, 4.69) is 56.3 Å². The van der Waals surface area contributed by atoms with Crippen molar-refractivity contribution >= 4 is 0 Å². The van der Waals surface area contributed by atoms with Gasteiger partial charge >= 0.3 is 0 Å². The SMILES string of the molecule is CC=C(C)Cc1ccccc1C1C=CCCCC1. The van der Waals surface area contributed by atoms with Crippen LogP contribution in [0.1, 0.15) is 56.6 Å². The third-order valence-corrected chi connectivity index (χ3v) is 3.92. The van der Waals surface area contributed by atoms with Crippen molar-refractivity contribution < 1.29 is 0 Å². The molecule has 0 heteroatoms. The normalized spacial score (nSPS) is 20.8. The first-order valence-corrected chi connectivity index (χ1v) is 7.17. The highest BCUT2D eigenvalue weighted by Crippen LogP contribution is 2.30. The van der Waals surface area contributed by atoms with E-state index in [9.17, 15) is 0 Å². The number of benzene rings is 1. The maximum atomic E-state index is 2.43. The fourth-order valence-corrected chi connectivity index (χ4v) is 2.70. The van der Waals surface area contributed by atoms with Gasteiger partial charge in [-0.2, -0.15) is 0 Å². The van der Waals surface area contributed by atoms with E-state index in [0.29, 0.717) is 5.92 Å². The van der Waals surface area contributed by atoms with Crippen molar-refractivity contribution in [1.82, 2.24) is 0 Å². The molecule has 0 N–H and O–H groups in total. The first kappa shape index (κ1) is 13.1. The van der Waals surface area contributed by atoms with Gasteiger partial charge in [0.05, 0.1) is 0 Å². The van der Waals surface area contributed by atoms with E-state index < -0.39 is 0 Å². The van der Waals surface area contributed by atoms with Gasteiger partial charge in [0.25, 0.3) is 0 Å². The van der Waals surface area contributed by atoms with Crippen molar-refractivity contribution in [3.05, 3.63) is 59.2 Å². The average Bonchev–Trinajstić information content (AvgIpc) is 2.68. The average molecular weight is 240 g/mol. The van der Waals surface area contributed by atoms with E-state index in [1.807, 2.05) is 0 Å². The summed E-state index contributed by atoms with van der Waals surface area (Å²) in [6.45, 7) is 4.35. The van der Waals surface area contributed by atoms with Crippen LogP contribution in [0.25, 0.3) is 0 Å². The lowest BCUT2D eigenvalue weighted by Gasteiger charge is -2.16. The first-order valence-electron chi connectivity index (χ1n) is 7.17. The maximum absolute atomic E-state index is 2.43. The predicted octanol–water partition coefficient (Wildman–Crippen LogP) is 5.41. The molecule has 1 aliphatic carbocycles. The van der Waals surface area contributed by atoms with E-state index >= 15 is 0 Å².